The maximum absolute atomic E-state index is 13.7. The van der Waals surface area contributed by atoms with Crippen LogP contribution in [0.15, 0.2) is 12.1 Å². The monoisotopic (exact) mass is 353 g/mol. The fraction of sp³-hybridized carbons (Fsp3) is 0.533. The molecule has 0 radical (unpaired) electrons. The smallest absolute Gasteiger partial charge is 0.444 e. The van der Waals surface area contributed by atoms with Gasteiger partial charge in [0, 0.05) is 19.0 Å². The van der Waals surface area contributed by atoms with Crippen LogP contribution in [0, 0.1) is 11.6 Å². The summed E-state index contributed by atoms with van der Waals surface area (Å²) >= 11 is 0. The highest BCUT2D eigenvalue weighted by Crippen LogP contribution is 2.34. The summed E-state index contributed by atoms with van der Waals surface area (Å²) in [5.74, 6) is -4.77. The van der Waals surface area contributed by atoms with Crippen molar-refractivity contribution in [1.82, 2.24) is 4.90 Å². The maximum atomic E-state index is 13.7. The van der Waals surface area contributed by atoms with Crippen LogP contribution in [0.1, 0.15) is 32.3 Å². The van der Waals surface area contributed by atoms with Gasteiger partial charge in [0.1, 0.15) is 5.60 Å². The summed E-state index contributed by atoms with van der Waals surface area (Å²) in [4.78, 5) is 13.1. The second-order valence-electron chi connectivity index (χ2n) is 6.44. The number of rotatable bonds is 2. The first kappa shape index (κ1) is 18.3. The van der Waals surface area contributed by atoms with E-state index in [1.807, 2.05) is 0 Å². The number of halogens is 5. The van der Waals surface area contributed by atoms with E-state index < -0.39 is 35.4 Å². The second kappa shape index (κ2) is 6.10. The molecule has 1 amide bonds. The molecule has 1 aromatic rings. The largest absolute Gasteiger partial charge is 0.573 e. The van der Waals surface area contributed by atoms with E-state index in [-0.39, 0.29) is 24.6 Å². The number of carbonyl (C=O) groups is 1. The third-order valence-electron chi connectivity index (χ3n) is 3.24. The van der Waals surface area contributed by atoms with Gasteiger partial charge in [-0.25, -0.2) is 13.6 Å². The van der Waals surface area contributed by atoms with Crippen molar-refractivity contribution >= 4 is 6.09 Å². The molecule has 24 heavy (non-hydrogen) atoms. The number of alkyl halides is 3. The van der Waals surface area contributed by atoms with Crippen molar-refractivity contribution in [2.75, 3.05) is 13.1 Å². The van der Waals surface area contributed by atoms with E-state index in [2.05, 4.69) is 4.74 Å². The van der Waals surface area contributed by atoms with E-state index in [0.717, 1.165) is 12.1 Å². The number of nitrogens with zero attached hydrogens (tertiary/aromatic N) is 1. The van der Waals surface area contributed by atoms with Gasteiger partial charge < -0.3 is 14.4 Å². The molecule has 1 saturated heterocycles. The normalized spacial score (nSPS) is 15.9. The average molecular weight is 353 g/mol. The van der Waals surface area contributed by atoms with Gasteiger partial charge in [0.25, 0.3) is 0 Å². The fourth-order valence-corrected chi connectivity index (χ4v) is 2.19. The molecule has 2 rings (SSSR count). The van der Waals surface area contributed by atoms with Gasteiger partial charge in [0.15, 0.2) is 11.6 Å². The molecular formula is C15H16F5NO3. The Balaban J connectivity index is 2.04. The first-order valence-corrected chi connectivity index (χ1v) is 7.08. The highest BCUT2D eigenvalue weighted by molar-refractivity contribution is 5.69. The molecule has 134 valence electrons. The Morgan fingerprint density at radius 1 is 1.12 bits per heavy atom. The lowest BCUT2D eigenvalue weighted by Gasteiger charge is -2.40. The van der Waals surface area contributed by atoms with Crippen LogP contribution in [-0.2, 0) is 4.74 Å². The zero-order valence-electron chi connectivity index (χ0n) is 13.2. The fourth-order valence-electron chi connectivity index (χ4n) is 2.19. The van der Waals surface area contributed by atoms with Gasteiger partial charge in [0.2, 0.25) is 5.75 Å². The average Bonchev–Trinajstić information content (AvgIpc) is 2.28. The molecule has 0 N–H and O–H groups in total. The molecule has 0 saturated carbocycles. The molecular weight excluding hydrogens is 337 g/mol. The molecule has 1 fully saturated rings. The van der Waals surface area contributed by atoms with Crippen LogP contribution in [0.3, 0.4) is 0 Å². The molecule has 0 atom stereocenters. The van der Waals surface area contributed by atoms with Gasteiger partial charge in [0.05, 0.1) is 0 Å². The highest BCUT2D eigenvalue weighted by Gasteiger charge is 2.37. The quantitative estimate of drug-likeness (QED) is 0.748. The van der Waals surface area contributed by atoms with Gasteiger partial charge >= 0.3 is 12.5 Å². The minimum absolute atomic E-state index is 0.152. The standard InChI is InChI=1S/C15H16F5NO3/c1-14(2,3)24-13(22)21-6-9(7-21)8-4-10(16)12(11(17)5-8)23-15(18,19)20/h4-5,9H,6-7H2,1-3H3. The highest BCUT2D eigenvalue weighted by atomic mass is 19.4. The van der Waals surface area contributed by atoms with Crippen LogP contribution >= 0.6 is 0 Å². The van der Waals surface area contributed by atoms with E-state index in [1.165, 1.54) is 4.90 Å². The lowest BCUT2D eigenvalue weighted by atomic mass is 9.91. The van der Waals surface area contributed by atoms with Crippen LogP contribution in [0.5, 0.6) is 5.75 Å². The van der Waals surface area contributed by atoms with Gasteiger partial charge in [-0.1, -0.05) is 0 Å². The molecule has 4 nitrogen and oxygen atoms in total. The third kappa shape index (κ3) is 4.48. The number of likely N-dealkylation sites (tertiary alicyclic amines) is 1. The number of hydrogen-bond donors (Lipinski definition) is 0. The molecule has 0 aliphatic carbocycles. The molecule has 0 spiro atoms. The number of hydrogen-bond acceptors (Lipinski definition) is 3. The van der Waals surface area contributed by atoms with Crippen LogP contribution in [0.4, 0.5) is 26.7 Å². The first-order chi connectivity index (χ1) is 10.9. The van der Waals surface area contributed by atoms with Crippen LogP contribution < -0.4 is 4.74 Å². The summed E-state index contributed by atoms with van der Waals surface area (Å²) in [6.45, 7) is 5.42. The molecule has 1 aromatic carbocycles. The second-order valence-corrected chi connectivity index (χ2v) is 6.44. The summed E-state index contributed by atoms with van der Waals surface area (Å²) in [6.07, 6.45) is -5.75. The Morgan fingerprint density at radius 3 is 2.04 bits per heavy atom. The summed E-state index contributed by atoms with van der Waals surface area (Å²) < 4.78 is 72.1. The van der Waals surface area contributed by atoms with Crippen molar-refractivity contribution < 1.29 is 36.2 Å². The Hall–Kier alpha value is -2.06. The molecule has 1 heterocycles. The van der Waals surface area contributed by atoms with E-state index >= 15 is 0 Å². The zero-order valence-corrected chi connectivity index (χ0v) is 13.2. The number of carbonyl (C=O) groups excluding carboxylic acids is 1. The number of amides is 1. The predicted molar refractivity (Wildman–Crippen MR) is 73.6 cm³/mol. The topological polar surface area (TPSA) is 38.8 Å². The minimum atomic E-state index is -5.19. The molecule has 0 bridgehead atoms. The van der Waals surface area contributed by atoms with Crippen molar-refractivity contribution in [3.8, 4) is 5.75 Å². The van der Waals surface area contributed by atoms with E-state index in [9.17, 15) is 26.7 Å². The maximum Gasteiger partial charge on any atom is 0.573 e. The van der Waals surface area contributed by atoms with Crippen molar-refractivity contribution in [2.45, 2.75) is 38.7 Å². The summed E-state index contributed by atoms with van der Waals surface area (Å²) in [5, 5.41) is 0. The zero-order chi connectivity index (χ0) is 18.3. The van der Waals surface area contributed by atoms with Crippen LogP contribution in [0.25, 0.3) is 0 Å². The summed E-state index contributed by atoms with van der Waals surface area (Å²) in [6, 6.07) is 1.56. The Morgan fingerprint density at radius 2 is 1.62 bits per heavy atom. The molecule has 9 heteroatoms. The van der Waals surface area contributed by atoms with E-state index in [1.54, 1.807) is 20.8 Å². The molecule has 0 unspecified atom stereocenters. The third-order valence-corrected chi connectivity index (χ3v) is 3.24. The lowest BCUT2D eigenvalue weighted by molar-refractivity contribution is -0.276. The van der Waals surface area contributed by atoms with Crippen molar-refractivity contribution in [1.29, 1.82) is 0 Å². The van der Waals surface area contributed by atoms with Crippen LogP contribution in [0.2, 0.25) is 0 Å². The summed E-state index contributed by atoms with van der Waals surface area (Å²) in [7, 11) is 0. The van der Waals surface area contributed by atoms with Crippen molar-refractivity contribution in [3.05, 3.63) is 29.3 Å². The van der Waals surface area contributed by atoms with E-state index in [0.29, 0.717) is 0 Å². The number of benzene rings is 1. The van der Waals surface area contributed by atoms with Gasteiger partial charge in [-0.05, 0) is 38.5 Å². The first-order valence-electron chi connectivity index (χ1n) is 7.08. The minimum Gasteiger partial charge on any atom is -0.444 e. The van der Waals surface area contributed by atoms with Crippen molar-refractivity contribution in [3.63, 3.8) is 0 Å². The van der Waals surface area contributed by atoms with E-state index in [4.69, 9.17) is 4.74 Å². The molecule has 0 aromatic heterocycles. The van der Waals surface area contributed by atoms with Gasteiger partial charge in [-0.3, -0.25) is 0 Å². The molecule has 1 aliphatic rings. The van der Waals surface area contributed by atoms with Gasteiger partial charge in [-0.15, -0.1) is 13.2 Å². The number of ether oxygens (including phenoxy) is 2. The molecule has 1 aliphatic heterocycles. The predicted octanol–water partition coefficient (Wildman–Crippen LogP) is 4.20. The Labute approximate surface area is 135 Å². The Kier molecular flexibility index (Phi) is 4.65. The summed E-state index contributed by atoms with van der Waals surface area (Å²) in [5.41, 5.74) is -0.518. The van der Waals surface area contributed by atoms with Gasteiger partial charge in [-0.2, -0.15) is 0 Å². The van der Waals surface area contributed by atoms with Crippen molar-refractivity contribution in [2.24, 2.45) is 0 Å². The lowest BCUT2D eigenvalue weighted by Crippen LogP contribution is -2.50. The van der Waals surface area contributed by atoms with Crippen LogP contribution in [-0.4, -0.2) is 36.0 Å². The SMILES string of the molecule is CC(C)(C)OC(=O)N1CC(c2cc(F)c(OC(F)(F)F)c(F)c2)C1. The Bertz CT molecular complexity index is 610.